The molecule has 1 N–H and O–H groups in total. The summed E-state index contributed by atoms with van der Waals surface area (Å²) in [5.74, 6) is -0.0628. The molecule has 1 saturated carbocycles. The monoisotopic (exact) mass is 432 g/mol. The van der Waals surface area contributed by atoms with E-state index in [9.17, 15) is 13.2 Å². The van der Waals surface area contributed by atoms with E-state index in [1.165, 1.54) is 0 Å². The van der Waals surface area contributed by atoms with Gasteiger partial charge in [0, 0.05) is 30.2 Å². The molecule has 0 spiro atoms. The fourth-order valence-electron chi connectivity index (χ4n) is 3.91. The Kier molecular flexibility index (Phi) is 4.53. The van der Waals surface area contributed by atoms with Crippen molar-refractivity contribution in [2.75, 3.05) is 29.9 Å². The maximum absolute atomic E-state index is 12.9. The average Bonchev–Trinajstić information content (AvgIpc) is 3.50. The quantitative estimate of drug-likeness (QED) is 0.785. The van der Waals surface area contributed by atoms with Gasteiger partial charge < -0.3 is 10.2 Å². The molecule has 0 unspecified atom stereocenters. The Hall–Kier alpha value is -2.16. The number of amides is 1. The minimum Gasteiger partial charge on any atom is -0.378 e. The highest BCUT2D eigenvalue weighted by atomic mass is 35.5. The van der Waals surface area contributed by atoms with Crippen LogP contribution in [0, 0.1) is 0 Å². The number of fused-ring (bicyclic) bond motifs is 1. The molecule has 9 heteroatoms. The summed E-state index contributed by atoms with van der Waals surface area (Å²) < 4.78 is 26.0. The Balaban J connectivity index is 1.27. The Morgan fingerprint density at radius 1 is 1.14 bits per heavy atom. The fraction of sp³-hybridized carbons (Fsp3) is 0.400. The lowest BCUT2D eigenvalue weighted by Crippen LogP contribution is -2.57. The van der Waals surface area contributed by atoms with Crippen molar-refractivity contribution in [3.8, 4) is 0 Å². The van der Waals surface area contributed by atoms with E-state index in [-0.39, 0.29) is 17.2 Å². The summed E-state index contributed by atoms with van der Waals surface area (Å²) in [6.45, 7) is 1.51. The van der Waals surface area contributed by atoms with Crippen molar-refractivity contribution in [2.24, 2.45) is 0 Å². The summed E-state index contributed by atoms with van der Waals surface area (Å²) in [6, 6.07) is 7.30. The molecule has 1 aromatic heterocycles. The Morgan fingerprint density at radius 2 is 1.93 bits per heavy atom. The third kappa shape index (κ3) is 3.49. The van der Waals surface area contributed by atoms with Crippen LogP contribution >= 0.6 is 11.6 Å². The molecule has 1 aromatic carbocycles. The number of rotatable bonds is 5. The van der Waals surface area contributed by atoms with Gasteiger partial charge in [-0.15, -0.1) is 0 Å². The number of anilines is 2. The molecule has 0 bridgehead atoms. The summed E-state index contributed by atoms with van der Waals surface area (Å²) in [7, 11) is -3.10. The van der Waals surface area contributed by atoms with Crippen LogP contribution in [0.15, 0.2) is 36.7 Å². The Labute approximate surface area is 174 Å². The lowest BCUT2D eigenvalue weighted by atomic mass is 9.99. The first kappa shape index (κ1) is 18.8. The van der Waals surface area contributed by atoms with E-state index in [2.05, 4.69) is 10.3 Å². The second kappa shape index (κ2) is 6.97. The zero-order valence-corrected chi connectivity index (χ0v) is 17.3. The average molecular weight is 433 g/mol. The number of halogens is 1. The van der Waals surface area contributed by atoms with Gasteiger partial charge in [-0.3, -0.25) is 9.78 Å². The normalized spacial score (nSPS) is 20.3. The predicted octanol–water partition coefficient (Wildman–Crippen LogP) is 2.53. The number of benzene rings is 1. The number of sulfonamides is 1. The van der Waals surface area contributed by atoms with Gasteiger partial charge in [0.05, 0.1) is 35.1 Å². The summed E-state index contributed by atoms with van der Waals surface area (Å²) in [5.41, 5.74) is 3.14. The molecule has 152 valence electrons. The number of carbonyl (C=O) groups excluding carboxylic acids is 1. The summed E-state index contributed by atoms with van der Waals surface area (Å²) in [5, 5.41) is 3.80. The molecule has 2 aliphatic heterocycles. The minimum absolute atomic E-state index is 0.0560. The fourth-order valence-corrected chi connectivity index (χ4v) is 6.03. The van der Waals surface area contributed by atoms with Gasteiger partial charge >= 0.3 is 0 Å². The largest absolute Gasteiger partial charge is 0.378 e. The van der Waals surface area contributed by atoms with Crippen molar-refractivity contribution < 1.29 is 13.2 Å². The lowest BCUT2D eigenvalue weighted by Gasteiger charge is -2.39. The third-order valence-corrected chi connectivity index (χ3v) is 8.27. The SMILES string of the molecule is O=C1c2ccc(Cl)cc2CCN1c1cncc(NC2CN(S(=O)(=O)C3CC3)C2)c1. The van der Waals surface area contributed by atoms with E-state index in [0.29, 0.717) is 30.2 Å². The molecule has 3 aliphatic rings. The van der Waals surface area contributed by atoms with Gasteiger partial charge in [-0.25, -0.2) is 8.42 Å². The zero-order valence-electron chi connectivity index (χ0n) is 15.7. The van der Waals surface area contributed by atoms with Crippen molar-refractivity contribution >= 4 is 38.9 Å². The molecule has 2 aromatic rings. The molecular formula is C20H21ClN4O3S. The van der Waals surface area contributed by atoms with Gasteiger partial charge in [0.2, 0.25) is 10.0 Å². The number of hydrogen-bond donors (Lipinski definition) is 1. The number of nitrogens with zero attached hydrogens (tertiary/aromatic N) is 3. The van der Waals surface area contributed by atoms with E-state index in [0.717, 1.165) is 36.2 Å². The highest BCUT2D eigenvalue weighted by Gasteiger charge is 2.45. The molecule has 7 nitrogen and oxygen atoms in total. The van der Waals surface area contributed by atoms with Crippen LogP contribution in [0.3, 0.4) is 0 Å². The molecule has 5 rings (SSSR count). The third-order valence-electron chi connectivity index (χ3n) is 5.71. The van der Waals surface area contributed by atoms with Crippen LogP contribution < -0.4 is 10.2 Å². The first-order chi connectivity index (χ1) is 13.9. The van der Waals surface area contributed by atoms with E-state index in [1.54, 1.807) is 33.7 Å². The van der Waals surface area contributed by atoms with Crippen molar-refractivity contribution in [1.29, 1.82) is 0 Å². The molecule has 0 radical (unpaired) electrons. The molecular weight excluding hydrogens is 412 g/mol. The molecule has 29 heavy (non-hydrogen) atoms. The van der Waals surface area contributed by atoms with E-state index in [4.69, 9.17) is 11.6 Å². The van der Waals surface area contributed by atoms with Crippen LogP contribution in [0.5, 0.6) is 0 Å². The number of pyridine rings is 1. The van der Waals surface area contributed by atoms with E-state index < -0.39 is 10.0 Å². The van der Waals surface area contributed by atoms with Gasteiger partial charge in [0.1, 0.15) is 0 Å². The maximum atomic E-state index is 12.9. The second-order valence-corrected chi connectivity index (χ2v) is 10.5. The van der Waals surface area contributed by atoms with Crippen molar-refractivity contribution in [3.63, 3.8) is 0 Å². The Bertz CT molecular complexity index is 1080. The van der Waals surface area contributed by atoms with Gasteiger partial charge in [-0.1, -0.05) is 11.6 Å². The number of aromatic nitrogens is 1. The number of nitrogens with one attached hydrogen (secondary N) is 1. The van der Waals surface area contributed by atoms with Crippen LogP contribution in [0.25, 0.3) is 0 Å². The van der Waals surface area contributed by atoms with Gasteiger partial charge in [-0.2, -0.15) is 4.31 Å². The summed E-state index contributed by atoms with van der Waals surface area (Å²) in [6.07, 6.45) is 5.67. The van der Waals surface area contributed by atoms with Crippen LogP contribution in [0.4, 0.5) is 11.4 Å². The minimum atomic E-state index is -3.10. The topological polar surface area (TPSA) is 82.6 Å². The highest BCUT2D eigenvalue weighted by Crippen LogP contribution is 2.34. The van der Waals surface area contributed by atoms with Crippen molar-refractivity contribution in [2.45, 2.75) is 30.6 Å². The molecule has 2 fully saturated rings. The summed E-state index contributed by atoms with van der Waals surface area (Å²) >= 11 is 6.04. The Morgan fingerprint density at radius 3 is 2.69 bits per heavy atom. The van der Waals surface area contributed by atoms with E-state index >= 15 is 0 Å². The zero-order chi connectivity index (χ0) is 20.2. The van der Waals surface area contributed by atoms with Gasteiger partial charge in [0.15, 0.2) is 0 Å². The van der Waals surface area contributed by atoms with Crippen LogP contribution in [0.1, 0.15) is 28.8 Å². The van der Waals surface area contributed by atoms with Gasteiger partial charge in [0.25, 0.3) is 5.91 Å². The molecule has 1 saturated heterocycles. The molecule has 1 aliphatic carbocycles. The number of carbonyl (C=O) groups is 1. The summed E-state index contributed by atoms with van der Waals surface area (Å²) in [4.78, 5) is 18.9. The molecule has 1 amide bonds. The first-order valence-electron chi connectivity index (χ1n) is 9.72. The standard InChI is InChI=1S/C20H21ClN4O3S/c21-14-1-4-19-13(7-14)5-6-25(20(19)26)17-8-15(9-22-10-17)23-16-11-24(12-16)29(27,28)18-2-3-18/h1,4,7-10,16,18,23H,2-3,5-6,11-12H2. The second-order valence-electron chi connectivity index (χ2n) is 7.84. The predicted molar refractivity (Wildman–Crippen MR) is 112 cm³/mol. The van der Waals surface area contributed by atoms with Crippen LogP contribution in [-0.4, -0.2) is 54.5 Å². The smallest absolute Gasteiger partial charge is 0.258 e. The van der Waals surface area contributed by atoms with Crippen molar-refractivity contribution in [1.82, 2.24) is 9.29 Å². The maximum Gasteiger partial charge on any atom is 0.258 e. The van der Waals surface area contributed by atoms with Gasteiger partial charge in [-0.05, 0) is 49.1 Å². The number of hydrogen-bond acceptors (Lipinski definition) is 5. The highest BCUT2D eigenvalue weighted by molar-refractivity contribution is 7.90. The van der Waals surface area contributed by atoms with Crippen LogP contribution in [-0.2, 0) is 16.4 Å². The molecule has 3 heterocycles. The van der Waals surface area contributed by atoms with Crippen molar-refractivity contribution in [3.05, 3.63) is 52.8 Å². The van der Waals surface area contributed by atoms with E-state index in [1.807, 2.05) is 12.1 Å². The first-order valence-corrected chi connectivity index (χ1v) is 11.6. The lowest BCUT2D eigenvalue weighted by molar-refractivity contribution is 0.0980. The molecule has 0 atom stereocenters. The van der Waals surface area contributed by atoms with Crippen LogP contribution in [0.2, 0.25) is 5.02 Å².